The van der Waals surface area contributed by atoms with Crippen molar-refractivity contribution < 1.29 is 33.8 Å². The van der Waals surface area contributed by atoms with Crippen molar-refractivity contribution >= 4 is 36.5 Å². The highest BCUT2D eigenvalue weighted by molar-refractivity contribution is 7.80. The lowest BCUT2D eigenvalue weighted by Gasteiger charge is -2.35. The quantitative estimate of drug-likeness (QED) is 0.242. The highest BCUT2D eigenvalue weighted by Crippen LogP contribution is 2.28. The molecule has 2 atom stereocenters. The molecular weight excluding hydrogens is 486 g/mol. The van der Waals surface area contributed by atoms with Crippen LogP contribution in [-0.2, 0) is 23.9 Å². The molecule has 3 N–H and O–H groups in total. The number of carbonyl (C=O) groups is 4. The van der Waals surface area contributed by atoms with Crippen LogP contribution in [0.5, 0.6) is 0 Å². The van der Waals surface area contributed by atoms with Gasteiger partial charge in [-0.3, -0.25) is 14.4 Å². The second kappa shape index (κ2) is 14.7. The molecule has 1 rings (SSSR count). The number of aryl methyl sites for hydroxylation is 2. The van der Waals surface area contributed by atoms with Crippen LogP contribution in [0.15, 0.2) is 18.2 Å². The molecule has 0 heterocycles. The summed E-state index contributed by atoms with van der Waals surface area (Å²) in [7, 11) is 0. The SMILES string of the molecule is CCOC(=O)CCNC(=O)C(c1c(C)cccc1C)N(CCO)C(=O)C(CS)NC(=O)OC(C)(C)C. The van der Waals surface area contributed by atoms with Gasteiger partial charge < -0.3 is 30.1 Å². The Morgan fingerprint density at radius 1 is 1.14 bits per heavy atom. The number of alkyl carbamates (subject to hydrolysis) is 1. The number of rotatable bonds is 12. The lowest BCUT2D eigenvalue weighted by atomic mass is 9.93. The van der Waals surface area contributed by atoms with Crippen LogP contribution in [0.3, 0.4) is 0 Å². The number of hydrogen-bond acceptors (Lipinski definition) is 8. The Balaban J connectivity index is 3.34. The number of nitrogens with zero attached hydrogens (tertiary/aromatic N) is 1. The van der Waals surface area contributed by atoms with E-state index in [9.17, 15) is 24.3 Å². The summed E-state index contributed by atoms with van der Waals surface area (Å²) in [5.41, 5.74) is 1.33. The summed E-state index contributed by atoms with van der Waals surface area (Å²) in [5, 5.41) is 15.0. The second-order valence-corrected chi connectivity index (χ2v) is 9.56. The maximum Gasteiger partial charge on any atom is 0.408 e. The van der Waals surface area contributed by atoms with Crippen molar-refractivity contribution in [2.24, 2.45) is 0 Å². The summed E-state index contributed by atoms with van der Waals surface area (Å²) >= 11 is 4.22. The van der Waals surface area contributed by atoms with Crippen molar-refractivity contribution in [2.45, 2.75) is 65.6 Å². The molecule has 0 bridgehead atoms. The van der Waals surface area contributed by atoms with E-state index in [1.165, 1.54) is 4.90 Å². The highest BCUT2D eigenvalue weighted by Gasteiger charge is 2.37. The molecule has 0 aliphatic rings. The molecule has 0 saturated carbocycles. The van der Waals surface area contributed by atoms with E-state index >= 15 is 0 Å². The maximum absolute atomic E-state index is 13.6. The van der Waals surface area contributed by atoms with Crippen LogP contribution in [0.4, 0.5) is 4.79 Å². The predicted molar refractivity (Wildman–Crippen MR) is 139 cm³/mol. The molecule has 0 radical (unpaired) electrons. The van der Waals surface area contributed by atoms with Crippen LogP contribution in [-0.4, -0.2) is 77.6 Å². The van der Waals surface area contributed by atoms with Gasteiger partial charge in [0.05, 0.1) is 19.6 Å². The summed E-state index contributed by atoms with van der Waals surface area (Å²) in [4.78, 5) is 52.3. The zero-order chi connectivity index (χ0) is 27.5. The Labute approximate surface area is 218 Å². The van der Waals surface area contributed by atoms with Gasteiger partial charge in [-0.25, -0.2) is 4.79 Å². The molecule has 3 amide bonds. The molecule has 10 nitrogen and oxygen atoms in total. The molecular formula is C25H39N3O7S. The van der Waals surface area contributed by atoms with E-state index in [2.05, 4.69) is 23.3 Å². The summed E-state index contributed by atoms with van der Waals surface area (Å²) < 4.78 is 10.2. The van der Waals surface area contributed by atoms with Gasteiger partial charge in [-0.05, 0) is 58.2 Å². The van der Waals surface area contributed by atoms with Gasteiger partial charge in [0.15, 0.2) is 0 Å². The van der Waals surface area contributed by atoms with Crippen molar-refractivity contribution in [3.8, 4) is 0 Å². The van der Waals surface area contributed by atoms with Crippen LogP contribution in [0.1, 0.15) is 56.8 Å². The second-order valence-electron chi connectivity index (χ2n) is 9.19. The molecule has 0 aliphatic carbocycles. The normalized spacial score (nSPS) is 12.8. The van der Waals surface area contributed by atoms with Crippen LogP contribution in [0.25, 0.3) is 0 Å². The van der Waals surface area contributed by atoms with Gasteiger partial charge in [0.25, 0.3) is 0 Å². The molecule has 1 aromatic rings. The first-order valence-corrected chi connectivity index (χ1v) is 12.5. The van der Waals surface area contributed by atoms with Crippen molar-refractivity contribution in [2.75, 3.05) is 32.1 Å². The third-order valence-electron chi connectivity index (χ3n) is 5.10. The number of esters is 1. The van der Waals surface area contributed by atoms with Crippen molar-refractivity contribution in [3.05, 3.63) is 34.9 Å². The first-order chi connectivity index (χ1) is 16.9. The molecule has 0 spiro atoms. The number of ether oxygens (including phenoxy) is 2. The van der Waals surface area contributed by atoms with Crippen molar-refractivity contribution in [3.63, 3.8) is 0 Å². The summed E-state index contributed by atoms with van der Waals surface area (Å²) in [5.74, 6) is -1.67. The Bertz CT molecular complexity index is 897. The zero-order valence-corrected chi connectivity index (χ0v) is 22.8. The fourth-order valence-corrected chi connectivity index (χ4v) is 3.86. The van der Waals surface area contributed by atoms with E-state index in [-0.39, 0.29) is 31.9 Å². The minimum atomic E-state index is -1.13. The third-order valence-corrected chi connectivity index (χ3v) is 5.47. The molecule has 0 aromatic heterocycles. The standard InChI is InChI=1S/C25H39N3O7S/c1-7-34-19(30)11-12-26-22(31)21(20-16(2)9-8-10-17(20)3)28(13-14-29)23(32)18(15-36)27-24(33)35-25(4,5)6/h8-10,18,21,29,36H,7,11-15H2,1-6H3,(H,26,31)(H,27,33). The van der Waals surface area contributed by atoms with E-state index < -0.39 is 48.2 Å². The third kappa shape index (κ3) is 9.69. The lowest BCUT2D eigenvalue weighted by molar-refractivity contribution is -0.144. The largest absolute Gasteiger partial charge is 0.466 e. The number of hydrogen-bond donors (Lipinski definition) is 4. The Morgan fingerprint density at radius 2 is 1.75 bits per heavy atom. The maximum atomic E-state index is 13.6. The topological polar surface area (TPSA) is 134 Å². The van der Waals surface area contributed by atoms with Gasteiger partial charge in [-0.1, -0.05) is 18.2 Å². The van der Waals surface area contributed by atoms with Gasteiger partial charge in [-0.2, -0.15) is 12.6 Å². The molecule has 2 unspecified atom stereocenters. The minimum Gasteiger partial charge on any atom is -0.466 e. The molecule has 0 aliphatic heterocycles. The average molecular weight is 526 g/mol. The minimum absolute atomic E-state index is 0.00636. The van der Waals surface area contributed by atoms with E-state index in [1.54, 1.807) is 27.7 Å². The summed E-state index contributed by atoms with van der Waals surface area (Å²) in [6.07, 6.45) is -0.840. The first kappa shape index (κ1) is 31.2. The van der Waals surface area contributed by atoms with Crippen LogP contribution >= 0.6 is 12.6 Å². The van der Waals surface area contributed by atoms with Crippen molar-refractivity contribution in [1.82, 2.24) is 15.5 Å². The van der Waals surface area contributed by atoms with Gasteiger partial charge in [0.1, 0.15) is 17.7 Å². The summed E-state index contributed by atoms with van der Waals surface area (Å²) in [6.45, 7) is 10.0. The van der Waals surface area contributed by atoms with E-state index in [1.807, 2.05) is 32.0 Å². The average Bonchev–Trinajstić information content (AvgIpc) is 2.77. The molecule has 1 aromatic carbocycles. The molecule has 0 fully saturated rings. The Kier molecular flexibility index (Phi) is 12.8. The zero-order valence-electron chi connectivity index (χ0n) is 21.9. The summed E-state index contributed by atoms with van der Waals surface area (Å²) in [6, 6.07) is 3.23. The number of aliphatic hydroxyl groups is 1. The number of thiol groups is 1. The van der Waals surface area contributed by atoms with Crippen molar-refractivity contribution in [1.29, 1.82) is 0 Å². The van der Waals surface area contributed by atoms with Crippen LogP contribution in [0.2, 0.25) is 0 Å². The first-order valence-electron chi connectivity index (χ1n) is 11.9. The molecule has 36 heavy (non-hydrogen) atoms. The Hall–Kier alpha value is -2.79. The number of carbonyl (C=O) groups excluding carboxylic acids is 4. The number of aliphatic hydroxyl groups excluding tert-OH is 1. The number of benzene rings is 1. The lowest BCUT2D eigenvalue weighted by Crippen LogP contribution is -2.54. The highest BCUT2D eigenvalue weighted by atomic mass is 32.1. The fraction of sp³-hybridized carbons (Fsp3) is 0.600. The van der Waals surface area contributed by atoms with Gasteiger partial charge in [-0.15, -0.1) is 0 Å². The fourth-order valence-electron chi connectivity index (χ4n) is 3.61. The number of nitrogens with one attached hydrogen (secondary N) is 2. The molecule has 0 saturated heterocycles. The molecule has 202 valence electrons. The van der Waals surface area contributed by atoms with Gasteiger partial charge in [0.2, 0.25) is 11.8 Å². The van der Waals surface area contributed by atoms with Gasteiger partial charge in [0, 0.05) is 18.8 Å². The van der Waals surface area contributed by atoms with Gasteiger partial charge >= 0.3 is 12.1 Å². The predicted octanol–water partition coefficient (Wildman–Crippen LogP) is 2.06. The monoisotopic (exact) mass is 525 g/mol. The van der Waals surface area contributed by atoms with Crippen LogP contribution < -0.4 is 10.6 Å². The number of amides is 3. The Morgan fingerprint density at radius 3 is 2.25 bits per heavy atom. The van der Waals surface area contributed by atoms with E-state index in [0.717, 1.165) is 11.1 Å². The van der Waals surface area contributed by atoms with Crippen LogP contribution in [0, 0.1) is 13.8 Å². The van der Waals surface area contributed by atoms with E-state index in [4.69, 9.17) is 9.47 Å². The smallest absolute Gasteiger partial charge is 0.408 e. The van der Waals surface area contributed by atoms with E-state index in [0.29, 0.717) is 5.56 Å². The molecule has 11 heteroatoms.